The number of amides is 1. The summed E-state index contributed by atoms with van der Waals surface area (Å²) in [6, 6.07) is 11.0. The second-order valence-corrected chi connectivity index (χ2v) is 8.50. The van der Waals surface area contributed by atoms with Gasteiger partial charge in [-0.25, -0.2) is 17.5 Å². The molecule has 9 heteroatoms. The van der Waals surface area contributed by atoms with Crippen molar-refractivity contribution < 1.29 is 27.5 Å². The van der Waals surface area contributed by atoms with E-state index in [1.165, 1.54) is 32.3 Å². The molecule has 0 spiro atoms. The highest BCUT2D eigenvalue weighted by atomic mass is 32.2. The summed E-state index contributed by atoms with van der Waals surface area (Å²) in [6.45, 7) is 3.56. The van der Waals surface area contributed by atoms with E-state index in [0.29, 0.717) is 23.6 Å². The van der Waals surface area contributed by atoms with E-state index < -0.39 is 28.5 Å². The van der Waals surface area contributed by atoms with Crippen molar-refractivity contribution >= 4 is 27.6 Å². The predicted molar refractivity (Wildman–Crippen MR) is 109 cm³/mol. The van der Waals surface area contributed by atoms with Crippen LogP contribution in [-0.4, -0.2) is 51.9 Å². The molecule has 0 radical (unpaired) electrons. The summed E-state index contributed by atoms with van der Waals surface area (Å²) < 4.78 is 35.9. The minimum Gasteiger partial charge on any atom is -0.494 e. The highest BCUT2D eigenvalue weighted by molar-refractivity contribution is 7.89. The van der Waals surface area contributed by atoms with Gasteiger partial charge in [-0.1, -0.05) is 6.07 Å². The molecule has 0 aliphatic rings. The molecule has 0 atom stereocenters. The van der Waals surface area contributed by atoms with E-state index in [1.54, 1.807) is 31.2 Å². The van der Waals surface area contributed by atoms with Gasteiger partial charge in [0, 0.05) is 19.8 Å². The summed E-state index contributed by atoms with van der Waals surface area (Å²) in [4.78, 5) is 24.4. The van der Waals surface area contributed by atoms with Gasteiger partial charge in [-0.3, -0.25) is 4.79 Å². The summed E-state index contributed by atoms with van der Waals surface area (Å²) in [6.07, 6.45) is 0. The Morgan fingerprint density at radius 2 is 1.72 bits per heavy atom. The lowest BCUT2D eigenvalue weighted by molar-refractivity contribution is -0.119. The van der Waals surface area contributed by atoms with Crippen LogP contribution < -0.4 is 10.1 Å². The van der Waals surface area contributed by atoms with Crippen LogP contribution in [0.5, 0.6) is 5.75 Å². The number of sulfonamides is 1. The molecule has 0 aliphatic heterocycles. The van der Waals surface area contributed by atoms with Gasteiger partial charge >= 0.3 is 5.97 Å². The van der Waals surface area contributed by atoms with Crippen molar-refractivity contribution in [2.24, 2.45) is 0 Å². The van der Waals surface area contributed by atoms with Gasteiger partial charge in [0.05, 0.1) is 17.1 Å². The molecule has 0 saturated heterocycles. The second-order valence-electron chi connectivity index (χ2n) is 6.35. The Morgan fingerprint density at radius 3 is 2.31 bits per heavy atom. The first-order chi connectivity index (χ1) is 13.6. The Morgan fingerprint density at radius 1 is 1.07 bits per heavy atom. The summed E-state index contributed by atoms with van der Waals surface area (Å²) >= 11 is 0. The Labute approximate surface area is 170 Å². The van der Waals surface area contributed by atoms with Crippen molar-refractivity contribution in [2.45, 2.75) is 18.7 Å². The first-order valence-corrected chi connectivity index (χ1v) is 10.3. The molecule has 2 rings (SSSR count). The molecule has 0 fully saturated rings. The molecule has 156 valence electrons. The van der Waals surface area contributed by atoms with E-state index in [4.69, 9.17) is 9.47 Å². The monoisotopic (exact) mass is 420 g/mol. The maximum absolute atomic E-state index is 12.4. The first-order valence-electron chi connectivity index (χ1n) is 8.88. The SMILES string of the molecule is CCOc1ccc(NC(=O)COC(=O)c2cc(S(=O)(=O)N(C)C)ccc2C)cc1. The summed E-state index contributed by atoms with van der Waals surface area (Å²) in [5.74, 6) is -0.614. The average Bonchev–Trinajstić information content (AvgIpc) is 2.68. The molecule has 0 unspecified atom stereocenters. The van der Waals surface area contributed by atoms with Crippen LogP contribution in [0.4, 0.5) is 5.69 Å². The number of nitrogens with zero attached hydrogens (tertiary/aromatic N) is 1. The number of esters is 1. The number of aryl methyl sites for hydroxylation is 1. The van der Waals surface area contributed by atoms with E-state index in [2.05, 4.69) is 5.32 Å². The number of anilines is 1. The van der Waals surface area contributed by atoms with Gasteiger partial charge in [0.2, 0.25) is 10.0 Å². The van der Waals surface area contributed by atoms with Crippen LogP contribution in [0.25, 0.3) is 0 Å². The van der Waals surface area contributed by atoms with Crippen LogP contribution in [-0.2, 0) is 19.6 Å². The number of nitrogens with one attached hydrogen (secondary N) is 1. The van der Waals surface area contributed by atoms with E-state index in [9.17, 15) is 18.0 Å². The number of rotatable bonds is 8. The number of benzene rings is 2. The molecule has 2 aromatic rings. The summed E-state index contributed by atoms with van der Waals surface area (Å²) in [5.41, 5.74) is 1.16. The maximum Gasteiger partial charge on any atom is 0.338 e. The largest absolute Gasteiger partial charge is 0.494 e. The van der Waals surface area contributed by atoms with Crippen LogP contribution in [0, 0.1) is 6.92 Å². The summed E-state index contributed by atoms with van der Waals surface area (Å²) in [5, 5.41) is 2.61. The number of carbonyl (C=O) groups excluding carboxylic acids is 2. The maximum atomic E-state index is 12.4. The van der Waals surface area contributed by atoms with Crippen LogP contribution in [0.3, 0.4) is 0 Å². The smallest absolute Gasteiger partial charge is 0.338 e. The fourth-order valence-electron chi connectivity index (χ4n) is 2.40. The lowest BCUT2D eigenvalue weighted by Crippen LogP contribution is -2.23. The quantitative estimate of drug-likeness (QED) is 0.658. The minimum absolute atomic E-state index is 0.0288. The van der Waals surface area contributed by atoms with Crippen molar-refractivity contribution in [2.75, 3.05) is 32.6 Å². The third kappa shape index (κ3) is 5.78. The second kappa shape index (κ2) is 9.53. The fourth-order valence-corrected chi connectivity index (χ4v) is 3.33. The zero-order valence-corrected chi connectivity index (χ0v) is 17.6. The molecule has 2 aromatic carbocycles. The molecule has 1 amide bonds. The highest BCUT2D eigenvalue weighted by Crippen LogP contribution is 2.19. The Bertz CT molecular complexity index is 985. The van der Waals surface area contributed by atoms with Gasteiger partial charge in [-0.2, -0.15) is 0 Å². The predicted octanol–water partition coefficient (Wildman–Crippen LogP) is 2.44. The van der Waals surface area contributed by atoms with Crippen molar-refractivity contribution in [3.8, 4) is 5.75 Å². The van der Waals surface area contributed by atoms with E-state index in [-0.39, 0.29) is 10.5 Å². The molecule has 0 saturated carbocycles. The number of carbonyl (C=O) groups is 2. The highest BCUT2D eigenvalue weighted by Gasteiger charge is 2.21. The van der Waals surface area contributed by atoms with E-state index in [0.717, 1.165) is 4.31 Å². The molecule has 8 nitrogen and oxygen atoms in total. The number of ether oxygens (including phenoxy) is 2. The zero-order chi connectivity index (χ0) is 21.6. The lowest BCUT2D eigenvalue weighted by atomic mass is 10.1. The number of hydrogen-bond donors (Lipinski definition) is 1. The van der Waals surface area contributed by atoms with Gasteiger partial charge in [-0.15, -0.1) is 0 Å². The van der Waals surface area contributed by atoms with Crippen molar-refractivity contribution in [3.05, 3.63) is 53.6 Å². The van der Waals surface area contributed by atoms with Crippen LogP contribution >= 0.6 is 0 Å². The Balaban J connectivity index is 2.02. The van der Waals surface area contributed by atoms with E-state index >= 15 is 0 Å². The fraction of sp³-hybridized carbons (Fsp3) is 0.300. The van der Waals surface area contributed by atoms with Gasteiger partial charge in [0.15, 0.2) is 6.61 Å². The molecule has 0 bridgehead atoms. The molecule has 0 aromatic heterocycles. The van der Waals surface area contributed by atoms with Crippen molar-refractivity contribution in [1.29, 1.82) is 0 Å². The van der Waals surface area contributed by atoms with Crippen LogP contribution in [0.2, 0.25) is 0 Å². The minimum atomic E-state index is -3.69. The lowest BCUT2D eigenvalue weighted by Gasteiger charge is -2.13. The van der Waals surface area contributed by atoms with Crippen LogP contribution in [0.1, 0.15) is 22.8 Å². The number of hydrogen-bond acceptors (Lipinski definition) is 6. The topological polar surface area (TPSA) is 102 Å². The first kappa shape index (κ1) is 22.4. The molecular formula is C20H24N2O6S. The van der Waals surface area contributed by atoms with Crippen molar-refractivity contribution in [1.82, 2.24) is 4.31 Å². The Kier molecular flexibility index (Phi) is 7.35. The summed E-state index contributed by atoms with van der Waals surface area (Å²) in [7, 11) is -0.891. The molecule has 0 heterocycles. The molecule has 0 aliphatic carbocycles. The van der Waals surface area contributed by atoms with Gasteiger partial charge in [0.1, 0.15) is 5.75 Å². The van der Waals surface area contributed by atoms with Crippen molar-refractivity contribution in [3.63, 3.8) is 0 Å². The molecule has 29 heavy (non-hydrogen) atoms. The molecular weight excluding hydrogens is 396 g/mol. The third-order valence-electron chi connectivity index (χ3n) is 3.99. The van der Waals surface area contributed by atoms with Gasteiger partial charge in [0.25, 0.3) is 5.91 Å². The van der Waals surface area contributed by atoms with Crippen LogP contribution in [0.15, 0.2) is 47.4 Å². The molecule has 1 N–H and O–H groups in total. The average molecular weight is 420 g/mol. The Hall–Kier alpha value is -2.91. The van der Waals surface area contributed by atoms with E-state index in [1.807, 2.05) is 6.92 Å². The van der Waals surface area contributed by atoms with Gasteiger partial charge < -0.3 is 14.8 Å². The third-order valence-corrected chi connectivity index (χ3v) is 5.80. The standard InChI is InChI=1S/C20H24N2O6S/c1-5-27-16-9-7-15(8-10-16)21-19(23)13-28-20(24)18-12-17(11-6-14(18)2)29(25,26)22(3)4/h6-12H,5,13H2,1-4H3,(H,21,23). The zero-order valence-electron chi connectivity index (χ0n) is 16.8. The normalized spacial score (nSPS) is 11.2. The van der Waals surface area contributed by atoms with Gasteiger partial charge in [-0.05, 0) is 55.8 Å².